The van der Waals surface area contributed by atoms with E-state index in [2.05, 4.69) is 25.6 Å². The number of pyridine rings is 1. The first kappa shape index (κ1) is 15.9. The van der Waals surface area contributed by atoms with Crippen LogP contribution in [0.1, 0.15) is 22.5 Å². The molecule has 1 fully saturated rings. The number of hydrogen-bond donors (Lipinski definition) is 2. The van der Waals surface area contributed by atoms with Crippen LogP contribution in [0, 0.1) is 6.92 Å². The van der Waals surface area contributed by atoms with Gasteiger partial charge in [0.2, 0.25) is 0 Å². The van der Waals surface area contributed by atoms with E-state index in [0.717, 1.165) is 55.9 Å². The van der Waals surface area contributed by atoms with Gasteiger partial charge in [-0.15, -0.1) is 0 Å². The van der Waals surface area contributed by atoms with Crippen LogP contribution in [0.25, 0.3) is 11.0 Å². The molecule has 0 atom stereocenters. The summed E-state index contributed by atoms with van der Waals surface area (Å²) in [6.07, 6.45) is 2.59. The van der Waals surface area contributed by atoms with E-state index in [9.17, 15) is 4.79 Å². The number of nitrogens with one attached hydrogen (secondary N) is 2. The molecule has 7 heteroatoms. The number of carbonyl (C=O) groups is 1. The first-order chi connectivity index (χ1) is 11.1. The molecule has 2 N–H and O–H groups in total. The number of aryl methyl sites for hydroxylation is 2. The number of piperazine rings is 1. The molecule has 0 radical (unpaired) electrons. The van der Waals surface area contributed by atoms with Gasteiger partial charge in [0, 0.05) is 51.4 Å². The minimum Gasteiger partial charge on any atom is -0.352 e. The number of aromatic nitrogens is 3. The smallest absolute Gasteiger partial charge is 0.252 e. The van der Waals surface area contributed by atoms with Crippen LogP contribution in [-0.2, 0) is 7.05 Å². The van der Waals surface area contributed by atoms with Gasteiger partial charge < -0.3 is 15.5 Å². The van der Waals surface area contributed by atoms with Crippen molar-refractivity contribution in [3.05, 3.63) is 23.5 Å². The molecule has 7 nitrogen and oxygen atoms in total. The van der Waals surface area contributed by atoms with E-state index in [4.69, 9.17) is 0 Å². The molecule has 0 spiro atoms. The highest BCUT2D eigenvalue weighted by atomic mass is 16.1. The third-order valence-corrected chi connectivity index (χ3v) is 4.27. The molecular formula is C16H24N6O. The van der Waals surface area contributed by atoms with Crippen LogP contribution in [0.15, 0.2) is 12.3 Å². The zero-order valence-corrected chi connectivity index (χ0v) is 13.8. The van der Waals surface area contributed by atoms with Crippen molar-refractivity contribution in [3.63, 3.8) is 0 Å². The Bertz CT molecular complexity index is 689. The molecule has 1 aliphatic heterocycles. The van der Waals surface area contributed by atoms with Crippen LogP contribution in [0.4, 0.5) is 0 Å². The SMILES string of the molecule is Cc1nn(C)c2ncc(C(=O)NCCCN3CCNCC3)cc12. The Labute approximate surface area is 136 Å². The van der Waals surface area contributed by atoms with E-state index in [1.165, 1.54) is 0 Å². The summed E-state index contributed by atoms with van der Waals surface area (Å²) in [4.78, 5) is 19.0. The maximum Gasteiger partial charge on any atom is 0.252 e. The lowest BCUT2D eigenvalue weighted by Crippen LogP contribution is -2.44. The number of fused-ring (bicyclic) bond motifs is 1. The van der Waals surface area contributed by atoms with Crippen molar-refractivity contribution in [1.82, 2.24) is 30.3 Å². The van der Waals surface area contributed by atoms with E-state index in [0.29, 0.717) is 12.1 Å². The molecule has 1 aliphatic rings. The molecule has 3 rings (SSSR count). The Kier molecular flexibility index (Phi) is 4.88. The van der Waals surface area contributed by atoms with E-state index < -0.39 is 0 Å². The van der Waals surface area contributed by atoms with Crippen molar-refractivity contribution in [2.75, 3.05) is 39.3 Å². The molecule has 0 bridgehead atoms. The summed E-state index contributed by atoms with van der Waals surface area (Å²) in [6, 6.07) is 1.87. The maximum absolute atomic E-state index is 12.3. The second-order valence-corrected chi connectivity index (χ2v) is 6.01. The molecule has 124 valence electrons. The number of amides is 1. The molecule has 0 aromatic carbocycles. The monoisotopic (exact) mass is 316 g/mol. The summed E-state index contributed by atoms with van der Waals surface area (Å²) in [5.74, 6) is -0.0667. The first-order valence-corrected chi connectivity index (χ1v) is 8.16. The van der Waals surface area contributed by atoms with Crippen LogP contribution in [-0.4, -0.2) is 64.8 Å². The maximum atomic E-state index is 12.3. The lowest BCUT2D eigenvalue weighted by atomic mass is 10.2. The van der Waals surface area contributed by atoms with Crippen molar-refractivity contribution < 1.29 is 4.79 Å². The molecule has 0 unspecified atom stereocenters. The topological polar surface area (TPSA) is 75.1 Å². The summed E-state index contributed by atoms with van der Waals surface area (Å²) >= 11 is 0. The Morgan fingerprint density at radius 3 is 2.96 bits per heavy atom. The molecule has 3 heterocycles. The first-order valence-electron chi connectivity index (χ1n) is 8.16. The average molecular weight is 316 g/mol. The third-order valence-electron chi connectivity index (χ3n) is 4.27. The Morgan fingerprint density at radius 1 is 1.39 bits per heavy atom. The lowest BCUT2D eigenvalue weighted by molar-refractivity contribution is 0.0951. The van der Waals surface area contributed by atoms with E-state index in [-0.39, 0.29) is 5.91 Å². The molecule has 23 heavy (non-hydrogen) atoms. The Balaban J connectivity index is 1.52. The highest BCUT2D eigenvalue weighted by molar-refractivity contribution is 5.97. The third kappa shape index (κ3) is 3.68. The summed E-state index contributed by atoms with van der Waals surface area (Å²) in [5.41, 5.74) is 2.29. The van der Waals surface area contributed by atoms with Gasteiger partial charge in [0.25, 0.3) is 5.91 Å². The van der Waals surface area contributed by atoms with E-state index in [1.807, 2.05) is 20.0 Å². The van der Waals surface area contributed by atoms with Gasteiger partial charge >= 0.3 is 0 Å². The molecule has 1 saturated heterocycles. The molecule has 0 aliphatic carbocycles. The zero-order valence-electron chi connectivity index (χ0n) is 13.8. The minimum absolute atomic E-state index is 0.0667. The normalized spacial score (nSPS) is 15.9. The molecule has 0 saturated carbocycles. The number of carbonyl (C=O) groups excluding carboxylic acids is 1. The van der Waals surface area contributed by atoms with Crippen molar-refractivity contribution in [3.8, 4) is 0 Å². The van der Waals surface area contributed by atoms with Crippen LogP contribution < -0.4 is 10.6 Å². The van der Waals surface area contributed by atoms with Crippen LogP contribution >= 0.6 is 0 Å². The fourth-order valence-electron chi connectivity index (χ4n) is 2.97. The van der Waals surface area contributed by atoms with Crippen molar-refractivity contribution >= 4 is 16.9 Å². The second-order valence-electron chi connectivity index (χ2n) is 6.01. The zero-order chi connectivity index (χ0) is 16.2. The van der Waals surface area contributed by atoms with Gasteiger partial charge in [-0.3, -0.25) is 9.48 Å². The predicted molar refractivity (Wildman–Crippen MR) is 89.5 cm³/mol. The van der Waals surface area contributed by atoms with Gasteiger partial charge in [-0.25, -0.2) is 4.98 Å². The van der Waals surface area contributed by atoms with Crippen LogP contribution in [0.3, 0.4) is 0 Å². The van der Waals surface area contributed by atoms with Crippen LogP contribution in [0.5, 0.6) is 0 Å². The van der Waals surface area contributed by atoms with Gasteiger partial charge in [0.1, 0.15) is 0 Å². The van der Waals surface area contributed by atoms with Crippen molar-refractivity contribution in [2.45, 2.75) is 13.3 Å². The Morgan fingerprint density at radius 2 is 2.17 bits per heavy atom. The van der Waals surface area contributed by atoms with E-state index in [1.54, 1.807) is 10.9 Å². The highest BCUT2D eigenvalue weighted by Crippen LogP contribution is 2.16. The summed E-state index contributed by atoms with van der Waals surface area (Å²) in [6.45, 7) is 7.95. The molecule has 2 aromatic rings. The van der Waals surface area contributed by atoms with Crippen molar-refractivity contribution in [1.29, 1.82) is 0 Å². The quantitative estimate of drug-likeness (QED) is 0.776. The summed E-state index contributed by atoms with van der Waals surface area (Å²) in [7, 11) is 1.86. The predicted octanol–water partition coefficient (Wildman–Crippen LogP) is 0.302. The average Bonchev–Trinajstić information content (AvgIpc) is 2.86. The van der Waals surface area contributed by atoms with Gasteiger partial charge in [-0.1, -0.05) is 0 Å². The lowest BCUT2D eigenvalue weighted by Gasteiger charge is -2.27. The number of rotatable bonds is 5. The number of hydrogen-bond acceptors (Lipinski definition) is 5. The standard InChI is InChI=1S/C16H24N6O/c1-12-14-10-13(11-19-15(14)21(2)20-12)16(23)18-4-3-7-22-8-5-17-6-9-22/h10-11,17H,3-9H2,1-2H3,(H,18,23). The summed E-state index contributed by atoms with van der Waals surface area (Å²) in [5, 5.41) is 11.6. The molecular weight excluding hydrogens is 292 g/mol. The minimum atomic E-state index is -0.0667. The highest BCUT2D eigenvalue weighted by Gasteiger charge is 2.12. The van der Waals surface area contributed by atoms with Crippen molar-refractivity contribution in [2.24, 2.45) is 7.05 Å². The second kappa shape index (κ2) is 7.06. The molecule has 2 aromatic heterocycles. The van der Waals surface area contributed by atoms with Crippen LogP contribution in [0.2, 0.25) is 0 Å². The fraction of sp³-hybridized carbons (Fsp3) is 0.562. The van der Waals surface area contributed by atoms with Gasteiger partial charge in [-0.2, -0.15) is 5.10 Å². The Hall–Kier alpha value is -1.99. The number of nitrogens with zero attached hydrogens (tertiary/aromatic N) is 4. The molecule has 1 amide bonds. The fourth-order valence-corrected chi connectivity index (χ4v) is 2.97. The van der Waals surface area contributed by atoms with Gasteiger partial charge in [0.15, 0.2) is 5.65 Å². The van der Waals surface area contributed by atoms with E-state index >= 15 is 0 Å². The van der Waals surface area contributed by atoms with Gasteiger partial charge in [-0.05, 0) is 26.0 Å². The summed E-state index contributed by atoms with van der Waals surface area (Å²) < 4.78 is 1.74. The largest absolute Gasteiger partial charge is 0.352 e. The van der Waals surface area contributed by atoms with Gasteiger partial charge in [0.05, 0.1) is 11.3 Å².